The van der Waals surface area contributed by atoms with Crippen LogP contribution in [0.3, 0.4) is 0 Å². The zero-order valence-corrected chi connectivity index (χ0v) is 12.3. The Hall–Kier alpha value is -1.73. The standard InChI is InChI=1S/C14H16N4O2S/c19-13(16-10-7-18-5-3-9(10)4-6-18)11-1-2-12(21-11)14-17-15-8-20-14/h1-2,8-10H,3-7H2,(H,16,19)/t10-/m0/s1. The summed E-state index contributed by atoms with van der Waals surface area (Å²) < 4.78 is 5.15. The molecule has 7 heteroatoms. The number of rotatable bonds is 3. The minimum atomic E-state index is 0.00418. The van der Waals surface area contributed by atoms with Crippen molar-refractivity contribution < 1.29 is 9.21 Å². The first-order chi connectivity index (χ1) is 10.3. The third kappa shape index (κ3) is 2.47. The molecule has 1 amide bonds. The lowest BCUT2D eigenvalue weighted by molar-refractivity contribution is 0.0622. The summed E-state index contributed by atoms with van der Waals surface area (Å²) >= 11 is 1.39. The van der Waals surface area contributed by atoms with Crippen molar-refractivity contribution in [1.29, 1.82) is 0 Å². The molecule has 5 rings (SSSR count). The van der Waals surface area contributed by atoms with Gasteiger partial charge in [-0.15, -0.1) is 21.5 Å². The molecule has 0 spiro atoms. The smallest absolute Gasteiger partial charge is 0.261 e. The summed E-state index contributed by atoms with van der Waals surface area (Å²) in [6, 6.07) is 3.96. The Balaban J connectivity index is 1.46. The number of thiophene rings is 1. The number of hydrogen-bond acceptors (Lipinski definition) is 6. The number of fused-ring (bicyclic) bond motifs is 3. The highest BCUT2D eigenvalue weighted by Gasteiger charge is 2.35. The molecule has 6 nitrogen and oxygen atoms in total. The second kappa shape index (κ2) is 5.23. The van der Waals surface area contributed by atoms with Crippen LogP contribution in [-0.4, -0.2) is 46.7 Å². The molecule has 0 saturated carbocycles. The zero-order valence-electron chi connectivity index (χ0n) is 11.5. The van der Waals surface area contributed by atoms with Crippen molar-refractivity contribution >= 4 is 17.2 Å². The Labute approximate surface area is 126 Å². The average Bonchev–Trinajstić information content (AvgIpc) is 3.20. The van der Waals surface area contributed by atoms with Crippen LogP contribution in [-0.2, 0) is 0 Å². The monoisotopic (exact) mass is 304 g/mol. The molecule has 3 saturated heterocycles. The first-order valence-electron chi connectivity index (χ1n) is 7.19. The van der Waals surface area contributed by atoms with Gasteiger partial charge in [0.1, 0.15) is 0 Å². The van der Waals surface area contributed by atoms with Crippen molar-refractivity contribution in [3.63, 3.8) is 0 Å². The Bertz CT molecular complexity index is 631. The fraction of sp³-hybridized carbons (Fsp3) is 0.500. The third-order valence-electron chi connectivity index (χ3n) is 4.37. The molecule has 0 unspecified atom stereocenters. The van der Waals surface area contributed by atoms with E-state index in [1.165, 1.54) is 43.7 Å². The van der Waals surface area contributed by atoms with E-state index in [4.69, 9.17) is 4.42 Å². The van der Waals surface area contributed by atoms with E-state index in [2.05, 4.69) is 20.4 Å². The number of aromatic nitrogens is 2. The molecule has 3 fully saturated rings. The molecular formula is C14H16N4O2S. The van der Waals surface area contributed by atoms with Crippen molar-refractivity contribution in [3.8, 4) is 10.8 Å². The molecule has 1 N–H and O–H groups in total. The molecule has 2 bridgehead atoms. The van der Waals surface area contributed by atoms with Crippen LogP contribution in [0.5, 0.6) is 0 Å². The van der Waals surface area contributed by atoms with Crippen LogP contribution in [0.2, 0.25) is 0 Å². The molecule has 0 aromatic carbocycles. The van der Waals surface area contributed by atoms with Gasteiger partial charge in [0, 0.05) is 12.6 Å². The molecular weight excluding hydrogens is 288 g/mol. The molecule has 3 aliphatic rings. The number of nitrogens with zero attached hydrogens (tertiary/aromatic N) is 3. The van der Waals surface area contributed by atoms with Gasteiger partial charge in [-0.25, -0.2) is 0 Å². The fourth-order valence-electron chi connectivity index (χ4n) is 3.22. The first kappa shape index (κ1) is 13.0. The molecule has 0 radical (unpaired) electrons. The number of amides is 1. The number of carbonyl (C=O) groups is 1. The quantitative estimate of drug-likeness (QED) is 0.933. The van der Waals surface area contributed by atoms with Gasteiger partial charge in [0.25, 0.3) is 11.8 Å². The van der Waals surface area contributed by atoms with Crippen LogP contribution in [0.15, 0.2) is 22.9 Å². The van der Waals surface area contributed by atoms with Crippen molar-refractivity contribution in [2.75, 3.05) is 19.6 Å². The van der Waals surface area contributed by atoms with Crippen molar-refractivity contribution in [1.82, 2.24) is 20.4 Å². The SMILES string of the molecule is O=C(N[C@H]1CN2CCC1CC2)c1ccc(-c2nnco2)s1. The minimum Gasteiger partial charge on any atom is -0.423 e. The topological polar surface area (TPSA) is 71.3 Å². The van der Waals surface area contributed by atoms with E-state index in [-0.39, 0.29) is 11.9 Å². The molecule has 2 aromatic rings. The molecule has 21 heavy (non-hydrogen) atoms. The van der Waals surface area contributed by atoms with E-state index in [0.29, 0.717) is 16.7 Å². The number of nitrogens with one attached hydrogen (secondary N) is 1. The lowest BCUT2D eigenvalue weighted by Gasteiger charge is -2.44. The van der Waals surface area contributed by atoms with E-state index in [9.17, 15) is 4.79 Å². The number of carbonyl (C=O) groups excluding carboxylic acids is 1. The second-order valence-corrected chi connectivity index (χ2v) is 6.71. The summed E-state index contributed by atoms with van der Waals surface area (Å²) in [7, 11) is 0. The van der Waals surface area contributed by atoms with E-state index in [1.807, 2.05) is 12.1 Å². The molecule has 3 aliphatic heterocycles. The summed E-state index contributed by atoms with van der Waals surface area (Å²) in [6.07, 6.45) is 3.69. The molecule has 5 heterocycles. The Kier molecular flexibility index (Phi) is 3.23. The molecule has 0 aliphatic carbocycles. The Morgan fingerprint density at radius 2 is 2.24 bits per heavy atom. The van der Waals surface area contributed by atoms with Crippen molar-refractivity contribution in [2.24, 2.45) is 5.92 Å². The molecule has 110 valence electrons. The van der Waals surface area contributed by atoms with Gasteiger partial charge in [-0.3, -0.25) is 4.79 Å². The Morgan fingerprint density at radius 1 is 1.38 bits per heavy atom. The van der Waals surface area contributed by atoms with Gasteiger partial charge in [-0.1, -0.05) is 0 Å². The summed E-state index contributed by atoms with van der Waals surface area (Å²) in [5.41, 5.74) is 0. The first-order valence-corrected chi connectivity index (χ1v) is 8.01. The minimum absolute atomic E-state index is 0.00418. The van der Waals surface area contributed by atoms with Gasteiger partial charge in [-0.2, -0.15) is 0 Å². The van der Waals surface area contributed by atoms with Gasteiger partial charge in [0.2, 0.25) is 6.39 Å². The second-order valence-electron chi connectivity index (χ2n) is 5.63. The number of piperidine rings is 3. The third-order valence-corrected chi connectivity index (χ3v) is 5.45. The van der Waals surface area contributed by atoms with Crippen molar-refractivity contribution in [2.45, 2.75) is 18.9 Å². The predicted octanol–water partition coefficient (Wildman–Crippen LogP) is 1.62. The maximum atomic E-state index is 12.4. The summed E-state index contributed by atoms with van der Waals surface area (Å²) in [6.45, 7) is 3.34. The van der Waals surface area contributed by atoms with Gasteiger partial charge in [-0.05, 0) is 44.0 Å². The van der Waals surface area contributed by atoms with Gasteiger partial charge >= 0.3 is 0 Å². The highest BCUT2D eigenvalue weighted by atomic mass is 32.1. The largest absolute Gasteiger partial charge is 0.423 e. The van der Waals surface area contributed by atoms with Crippen LogP contribution in [0.1, 0.15) is 22.5 Å². The van der Waals surface area contributed by atoms with Crippen LogP contribution < -0.4 is 5.32 Å². The van der Waals surface area contributed by atoms with Crippen LogP contribution in [0, 0.1) is 5.92 Å². The van der Waals surface area contributed by atoms with Crippen LogP contribution >= 0.6 is 11.3 Å². The normalized spacial score (nSPS) is 27.7. The maximum Gasteiger partial charge on any atom is 0.261 e. The Morgan fingerprint density at radius 3 is 2.90 bits per heavy atom. The summed E-state index contributed by atoms with van der Waals surface area (Å²) in [5, 5.41) is 10.7. The maximum absolute atomic E-state index is 12.4. The lowest BCUT2D eigenvalue weighted by Crippen LogP contribution is -2.57. The highest BCUT2D eigenvalue weighted by Crippen LogP contribution is 2.29. The highest BCUT2D eigenvalue weighted by molar-refractivity contribution is 7.17. The van der Waals surface area contributed by atoms with E-state index in [0.717, 1.165) is 11.4 Å². The van der Waals surface area contributed by atoms with Crippen molar-refractivity contribution in [3.05, 3.63) is 23.4 Å². The summed E-state index contributed by atoms with van der Waals surface area (Å²) in [5.74, 6) is 1.10. The molecule has 2 aromatic heterocycles. The zero-order chi connectivity index (χ0) is 14.2. The fourth-order valence-corrected chi connectivity index (χ4v) is 4.06. The summed E-state index contributed by atoms with van der Waals surface area (Å²) in [4.78, 5) is 16.3. The molecule has 1 atom stereocenters. The van der Waals surface area contributed by atoms with Gasteiger partial charge < -0.3 is 14.6 Å². The lowest BCUT2D eigenvalue weighted by atomic mass is 9.84. The van der Waals surface area contributed by atoms with Gasteiger partial charge in [0.05, 0.1) is 9.75 Å². The van der Waals surface area contributed by atoms with Gasteiger partial charge in [0.15, 0.2) is 0 Å². The number of hydrogen-bond donors (Lipinski definition) is 1. The van der Waals surface area contributed by atoms with E-state index in [1.54, 1.807) is 0 Å². The average molecular weight is 304 g/mol. The predicted molar refractivity (Wildman–Crippen MR) is 78.0 cm³/mol. The van der Waals surface area contributed by atoms with E-state index >= 15 is 0 Å². The van der Waals surface area contributed by atoms with E-state index < -0.39 is 0 Å². The van der Waals surface area contributed by atoms with Crippen LogP contribution in [0.25, 0.3) is 10.8 Å². The van der Waals surface area contributed by atoms with Crippen LogP contribution in [0.4, 0.5) is 0 Å².